The lowest BCUT2D eigenvalue weighted by molar-refractivity contribution is -0.115. The number of benzene rings is 2. The maximum Gasteiger partial charge on any atom is 0.238 e. The van der Waals surface area contributed by atoms with Crippen molar-refractivity contribution in [3.05, 3.63) is 64.2 Å². The number of aryl methyl sites for hydroxylation is 2. The summed E-state index contributed by atoms with van der Waals surface area (Å²) in [7, 11) is 0. The third-order valence-corrected chi connectivity index (χ3v) is 4.55. The van der Waals surface area contributed by atoms with Gasteiger partial charge >= 0.3 is 0 Å². The summed E-state index contributed by atoms with van der Waals surface area (Å²) in [5, 5.41) is 7.02. The first kappa shape index (κ1) is 18.5. The number of halogens is 1. The molecule has 0 bridgehead atoms. The van der Waals surface area contributed by atoms with Gasteiger partial charge in [0.25, 0.3) is 0 Å². The first-order valence-corrected chi connectivity index (χ1v) is 8.83. The number of carbonyl (C=O) groups is 1. The molecule has 2 N–H and O–H groups in total. The van der Waals surface area contributed by atoms with Crippen LogP contribution in [-0.2, 0) is 17.6 Å². The Hall–Kier alpha value is -1.84. The monoisotopic (exact) mass is 344 g/mol. The second-order valence-corrected chi connectivity index (χ2v) is 6.24. The number of nitrogens with one attached hydrogen (secondary N) is 2. The highest BCUT2D eigenvalue weighted by Gasteiger charge is 2.13. The van der Waals surface area contributed by atoms with Crippen LogP contribution in [0.1, 0.15) is 43.5 Å². The Morgan fingerprint density at radius 3 is 2.25 bits per heavy atom. The Labute approximate surface area is 149 Å². The Kier molecular flexibility index (Phi) is 6.83. The molecule has 1 unspecified atom stereocenters. The summed E-state index contributed by atoms with van der Waals surface area (Å²) < 4.78 is 0. The minimum Gasteiger partial charge on any atom is -0.324 e. The number of anilines is 1. The standard InChI is InChI=1S/C20H25ClN2O/c1-4-15-9-8-10-16(5-2)20(15)23-19(24)13-22-14(3)17-11-6-7-12-18(17)21/h6-12,14,22H,4-5,13H2,1-3H3,(H,23,24). The van der Waals surface area contributed by atoms with E-state index >= 15 is 0 Å². The average Bonchev–Trinajstić information content (AvgIpc) is 2.60. The van der Waals surface area contributed by atoms with Gasteiger partial charge in [-0.1, -0.05) is 61.8 Å². The zero-order chi connectivity index (χ0) is 17.5. The van der Waals surface area contributed by atoms with Crippen molar-refractivity contribution < 1.29 is 4.79 Å². The highest BCUT2D eigenvalue weighted by Crippen LogP contribution is 2.23. The minimum absolute atomic E-state index is 0.0107. The van der Waals surface area contributed by atoms with E-state index in [-0.39, 0.29) is 18.5 Å². The van der Waals surface area contributed by atoms with E-state index in [2.05, 4.69) is 36.6 Å². The maximum atomic E-state index is 12.4. The topological polar surface area (TPSA) is 41.1 Å². The van der Waals surface area contributed by atoms with Crippen molar-refractivity contribution in [3.63, 3.8) is 0 Å². The van der Waals surface area contributed by atoms with Gasteiger partial charge in [-0.25, -0.2) is 0 Å². The molecule has 24 heavy (non-hydrogen) atoms. The van der Waals surface area contributed by atoms with Gasteiger partial charge in [0.15, 0.2) is 0 Å². The van der Waals surface area contributed by atoms with Crippen molar-refractivity contribution in [2.24, 2.45) is 0 Å². The van der Waals surface area contributed by atoms with Crippen molar-refractivity contribution in [1.29, 1.82) is 0 Å². The van der Waals surface area contributed by atoms with Gasteiger partial charge in [-0.05, 0) is 42.5 Å². The van der Waals surface area contributed by atoms with E-state index in [4.69, 9.17) is 11.6 Å². The fraction of sp³-hybridized carbons (Fsp3) is 0.350. The van der Waals surface area contributed by atoms with Crippen LogP contribution in [0.2, 0.25) is 5.02 Å². The zero-order valence-corrected chi connectivity index (χ0v) is 15.3. The molecule has 0 aliphatic carbocycles. The minimum atomic E-state index is -0.0375. The van der Waals surface area contributed by atoms with Crippen LogP contribution in [0.4, 0.5) is 5.69 Å². The Morgan fingerprint density at radius 1 is 1.04 bits per heavy atom. The largest absolute Gasteiger partial charge is 0.324 e. The van der Waals surface area contributed by atoms with Crippen LogP contribution in [-0.4, -0.2) is 12.5 Å². The Balaban J connectivity index is 2.01. The maximum absolute atomic E-state index is 12.4. The first-order chi connectivity index (χ1) is 11.6. The lowest BCUT2D eigenvalue weighted by Crippen LogP contribution is -2.30. The zero-order valence-electron chi connectivity index (χ0n) is 14.5. The molecule has 0 spiro atoms. The molecule has 0 aliphatic heterocycles. The second-order valence-electron chi connectivity index (χ2n) is 5.83. The van der Waals surface area contributed by atoms with Crippen molar-refractivity contribution in [3.8, 4) is 0 Å². The van der Waals surface area contributed by atoms with Gasteiger partial charge in [0.2, 0.25) is 5.91 Å². The van der Waals surface area contributed by atoms with Gasteiger partial charge in [0.05, 0.1) is 6.54 Å². The van der Waals surface area contributed by atoms with Gasteiger partial charge in [-0.15, -0.1) is 0 Å². The molecule has 1 amide bonds. The van der Waals surface area contributed by atoms with Crippen LogP contribution in [0, 0.1) is 0 Å². The Bertz CT molecular complexity index is 678. The summed E-state index contributed by atoms with van der Waals surface area (Å²) in [6.07, 6.45) is 1.79. The van der Waals surface area contributed by atoms with Crippen LogP contribution in [0.25, 0.3) is 0 Å². The summed E-state index contributed by atoms with van der Waals surface area (Å²) in [6, 6.07) is 13.9. The van der Waals surface area contributed by atoms with Crippen molar-refractivity contribution in [1.82, 2.24) is 5.32 Å². The molecule has 1 atom stereocenters. The van der Waals surface area contributed by atoms with Gasteiger partial charge in [0, 0.05) is 16.8 Å². The lowest BCUT2D eigenvalue weighted by atomic mass is 10.0. The molecule has 3 nitrogen and oxygen atoms in total. The van der Waals surface area contributed by atoms with E-state index in [1.807, 2.05) is 37.3 Å². The lowest BCUT2D eigenvalue weighted by Gasteiger charge is -2.17. The van der Waals surface area contributed by atoms with E-state index < -0.39 is 0 Å². The van der Waals surface area contributed by atoms with E-state index in [0.29, 0.717) is 5.02 Å². The van der Waals surface area contributed by atoms with Crippen LogP contribution in [0.15, 0.2) is 42.5 Å². The quantitative estimate of drug-likeness (QED) is 0.760. The number of hydrogen-bond acceptors (Lipinski definition) is 2. The molecular formula is C20H25ClN2O. The molecule has 0 radical (unpaired) electrons. The van der Waals surface area contributed by atoms with E-state index in [1.54, 1.807) is 0 Å². The molecule has 128 valence electrons. The number of hydrogen-bond donors (Lipinski definition) is 2. The van der Waals surface area contributed by atoms with E-state index in [1.165, 1.54) is 11.1 Å². The highest BCUT2D eigenvalue weighted by molar-refractivity contribution is 6.31. The summed E-state index contributed by atoms with van der Waals surface area (Å²) in [5.41, 5.74) is 4.29. The van der Waals surface area contributed by atoms with Crippen LogP contribution >= 0.6 is 11.6 Å². The van der Waals surface area contributed by atoms with Crippen molar-refractivity contribution in [2.45, 2.75) is 39.7 Å². The third kappa shape index (κ3) is 4.59. The molecule has 0 aromatic heterocycles. The predicted molar refractivity (Wildman–Crippen MR) is 102 cm³/mol. The number of rotatable bonds is 7. The molecule has 0 saturated carbocycles. The molecule has 0 saturated heterocycles. The molecular weight excluding hydrogens is 320 g/mol. The average molecular weight is 345 g/mol. The smallest absolute Gasteiger partial charge is 0.238 e. The molecule has 2 aromatic rings. The number of para-hydroxylation sites is 1. The second kappa shape index (κ2) is 8.86. The summed E-state index contributed by atoms with van der Waals surface area (Å²) in [4.78, 5) is 12.4. The summed E-state index contributed by atoms with van der Waals surface area (Å²) in [5.74, 6) is -0.0375. The molecule has 2 rings (SSSR count). The van der Waals surface area contributed by atoms with Crippen molar-refractivity contribution in [2.75, 3.05) is 11.9 Å². The molecule has 0 heterocycles. The van der Waals surface area contributed by atoms with Crippen LogP contribution in [0.5, 0.6) is 0 Å². The summed E-state index contributed by atoms with van der Waals surface area (Å²) >= 11 is 6.20. The normalized spacial score (nSPS) is 12.0. The molecule has 2 aromatic carbocycles. The van der Waals surface area contributed by atoms with Gasteiger partial charge < -0.3 is 10.6 Å². The molecule has 0 fully saturated rings. The Morgan fingerprint density at radius 2 is 1.67 bits per heavy atom. The van der Waals surface area contributed by atoms with E-state index in [0.717, 1.165) is 24.1 Å². The predicted octanol–water partition coefficient (Wildman–Crippen LogP) is 4.75. The van der Waals surface area contributed by atoms with Gasteiger partial charge in [0.1, 0.15) is 0 Å². The van der Waals surface area contributed by atoms with Gasteiger partial charge in [-0.3, -0.25) is 4.79 Å². The highest BCUT2D eigenvalue weighted by atomic mass is 35.5. The van der Waals surface area contributed by atoms with E-state index in [9.17, 15) is 4.79 Å². The van der Waals surface area contributed by atoms with Gasteiger partial charge in [-0.2, -0.15) is 0 Å². The third-order valence-electron chi connectivity index (χ3n) is 4.20. The van der Waals surface area contributed by atoms with Crippen LogP contribution < -0.4 is 10.6 Å². The molecule has 4 heteroatoms. The number of amides is 1. The fourth-order valence-corrected chi connectivity index (χ4v) is 3.07. The SMILES string of the molecule is CCc1cccc(CC)c1NC(=O)CNC(C)c1ccccc1Cl. The van der Waals surface area contributed by atoms with Crippen molar-refractivity contribution >= 4 is 23.2 Å². The summed E-state index contributed by atoms with van der Waals surface area (Å²) in [6.45, 7) is 6.45. The number of carbonyl (C=O) groups excluding carboxylic acids is 1. The fourth-order valence-electron chi connectivity index (χ4n) is 2.77. The molecule has 0 aliphatic rings. The first-order valence-electron chi connectivity index (χ1n) is 8.45. The van der Waals surface area contributed by atoms with Crippen LogP contribution in [0.3, 0.4) is 0 Å².